The van der Waals surface area contributed by atoms with Crippen molar-refractivity contribution in [3.05, 3.63) is 42.0 Å². The van der Waals surface area contributed by atoms with Crippen molar-refractivity contribution >= 4 is 0 Å². The van der Waals surface area contributed by atoms with E-state index in [4.69, 9.17) is 0 Å². The summed E-state index contributed by atoms with van der Waals surface area (Å²) in [4.78, 5) is 4.43. The van der Waals surface area contributed by atoms with Crippen LogP contribution in [0, 0.1) is 11.7 Å². The molecule has 1 N–H and O–H groups in total. The van der Waals surface area contributed by atoms with Crippen LogP contribution in [-0.4, -0.2) is 21.3 Å². The molecule has 1 unspecified atom stereocenters. The lowest BCUT2D eigenvalue weighted by Gasteiger charge is -2.23. The van der Waals surface area contributed by atoms with Gasteiger partial charge < -0.3 is 9.67 Å². The highest BCUT2D eigenvalue weighted by atomic mass is 19.1. The van der Waals surface area contributed by atoms with Crippen LogP contribution in [0.5, 0.6) is 0 Å². The Morgan fingerprint density at radius 2 is 2.11 bits per heavy atom. The highest BCUT2D eigenvalue weighted by Crippen LogP contribution is 2.26. The number of fused-ring (bicyclic) bond motifs is 1. The summed E-state index contributed by atoms with van der Waals surface area (Å²) in [5.74, 6) is 0.923. The molecule has 2 heterocycles. The fourth-order valence-electron chi connectivity index (χ4n) is 2.49. The summed E-state index contributed by atoms with van der Waals surface area (Å²) >= 11 is 0. The molecule has 0 fully saturated rings. The largest absolute Gasteiger partial charge is 0.396 e. The highest BCUT2D eigenvalue weighted by Gasteiger charge is 2.21. The molecule has 0 aliphatic carbocycles. The maximum absolute atomic E-state index is 12.9. The molecule has 0 spiro atoms. The van der Waals surface area contributed by atoms with Crippen molar-refractivity contribution in [1.82, 2.24) is 9.55 Å². The zero-order valence-electron chi connectivity index (χ0n) is 10.0. The van der Waals surface area contributed by atoms with Crippen LogP contribution >= 0.6 is 0 Å². The van der Waals surface area contributed by atoms with Gasteiger partial charge in [-0.2, -0.15) is 0 Å². The summed E-state index contributed by atoms with van der Waals surface area (Å²) in [5.41, 5.74) is 2.11. The number of aryl methyl sites for hydroxylation is 1. The fourth-order valence-corrected chi connectivity index (χ4v) is 2.49. The minimum absolute atomic E-state index is 0.209. The maximum atomic E-state index is 12.9. The van der Waals surface area contributed by atoms with Crippen LogP contribution in [-0.2, 0) is 13.0 Å². The van der Waals surface area contributed by atoms with Crippen LogP contribution in [0.15, 0.2) is 30.5 Å². The van der Waals surface area contributed by atoms with E-state index in [-0.39, 0.29) is 12.4 Å². The highest BCUT2D eigenvalue weighted by molar-refractivity contribution is 5.56. The zero-order chi connectivity index (χ0) is 12.5. The Morgan fingerprint density at radius 1 is 1.33 bits per heavy atom. The van der Waals surface area contributed by atoms with Gasteiger partial charge >= 0.3 is 0 Å². The van der Waals surface area contributed by atoms with Crippen LogP contribution in [0.25, 0.3) is 11.4 Å². The number of imidazole rings is 1. The molecule has 3 rings (SSSR count). The number of aliphatic hydroxyl groups excluding tert-OH is 1. The first kappa shape index (κ1) is 11.4. The lowest BCUT2D eigenvalue weighted by atomic mass is 9.99. The van der Waals surface area contributed by atoms with Gasteiger partial charge in [0, 0.05) is 36.5 Å². The normalized spacial score (nSPS) is 18.7. The predicted octanol–water partition coefficient (Wildman–Crippen LogP) is 2.24. The minimum Gasteiger partial charge on any atom is -0.396 e. The van der Waals surface area contributed by atoms with Crippen molar-refractivity contribution in [2.75, 3.05) is 6.61 Å². The van der Waals surface area contributed by atoms with Gasteiger partial charge in [0.2, 0.25) is 0 Å². The topological polar surface area (TPSA) is 38.1 Å². The van der Waals surface area contributed by atoms with Crippen molar-refractivity contribution in [3.8, 4) is 11.4 Å². The summed E-state index contributed by atoms with van der Waals surface area (Å²) in [6.07, 6.45) is 3.83. The van der Waals surface area contributed by atoms with Gasteiger partial charge in [0.1, 0.15) is 11.6 Å². The summed E-state index contributed by atoms with van der Waals surface area (Å²) in [7, 11) is 0. The van der Waals surface area contributed by atoms with E-state index in [2.05, 4.69) is 9.55 Å². The van der Waals surface area contributed by atoms with Crippen LogP contribution in [0.3, 0.4) is 0 Å². The molecule has 1 atom stereocenters. The second-order valence-electron chi connectivity index (χ2n) is 4.78. The van der Waals surface area contributed by atoms with Crippen LogP contribution in [0.1, 0.15) is 12.1 Å². The molecule has 0 saturated heterocycles. The third-order valence-electron chi connectivity index (χ3n) is 3.55. The summed E-state index contributed by atoms with van der Waals surface area (Å²) in [6, 6.07) is 6.38. The van der Waals surface area contributed by atoms with Crippen molar-refractivity contribution < 1.29 is 9.50 Å². The van der Waals surface area contributed by atoms with E-state index in [1.54, 1.807) is 12.1 Å². The molecule has 0 radical (unpaired) electrons. The predicted molar refractivity (Wildman–Crippen MR) is 66.5 cm³/mol. The molecular formula is C14H15FN2O. The van der Waals surface area contributed by atoms with Gasteiger partial charge in [-0.25, -0.2) is 9.37 Å². The lowest BCUT2D eigenvalue weighted by molar-refractivity contribution is 0.192. The molecule has 0 amide bonds. The van der Waals surface area contributed by atoms with E-state index < -0.39 is 0 Å². The van der Waals surface area contributed by atoms with Crippen molar-refractivity contribution in [1.29, 1.82) is 0 Å². The molecule has 2 aromatic rings. The average molecular weight is 246 g/mol. The van der Waals surface area contributed by atoms with E-state index >= 15 is 0 Å². The van der Waals surface area contributed by atoms with Gasteiger partial charge in [0.15, 0.2) is 0 Å². The van der Waals surface area contributed by atoms with Gasteiger partial charge in [-0.3, -0.25) is 0 Å². The number of hydrogen-bond donors (Lipinski definition) is 1. The average Bonchev–Trinajstić information content (AvgIpc) is 2.82. The van der Waals surface area contributed by atoms with Gasteiger partial charge in [-0.05, 0) is 37.1 Å². The number of rotatable bonds is 2. The SMILES string of the molecule is OCC1CCc2cnc(-c3ccc(F)cc3)n2C1. The number of halogens is 1. The number of nitrogens with zero attached hydrogens (tertiary/aromatic N) is 2. The number of aliphatic hydroxyl groups is 1. The first-order chi connectivity index (χ1) is 8.78. The third kappa shape index (κ3) is 1.93. The van der Waals surface area contributed by atoms with E-state index in [0.29, 0.717) is 5.92 Å². The molecule has 0 bridgehead atoms. The number of hydrogen-bond acceptors (Lipinski definition) is 2. The van der Waals surface area contributed by atoms with E-state index in [0.717, 1.165) is 30.8 Å². The summed E-state index contributed by atoms with van der Waals surface area (Å²) in [6.45, 7) is 0.999. The zero-order valence-corrected chi connectivity index (χ0v) is 10.0. The summed E-state index contributed by atoms with van der Waals surface area (Å²) in [5, 5.41) is 9.27. The van der Waals surface area contributed by atoms with Gasteiger partial charge in [-0.15, -0.1) is 0 Å². The molecule has 1 aliphatic heterocycles. The molecule has 1 aromatic carbocycles. The summed E-state index contributed by atoms with van der Waals surface area (Å²) < 4.78 is 15.1. The van der Waals surface area contributed by atoms with E-state index in [1.807, 2.05) is 6.20 Å². The molecule has 1 aromatic heterocycles. The quantitative estimate of drug-likeness (QED) is 0.882. The Hall–Kier alpha value is -1.68. The van der Waals surface area contributed by atoms with Crippen molar-refractivity contribution in [3.63, 3.8) is 0 Å². The number of benzene rings is 1. The van der Waals surface area contributed by atoms with Gasteiger partial charge in [0.25, 0.3) is 0 Å². The Bertz CT molecular complexity index is 547. The first-order valence-corrected chi connectivity index (χ1v) is 6.19. The number of aromatic nitrogens is 2. The molecule has 1 aliphatic rings. The lowest BCUT2D eigenvalue weighted by Crippen LogP contribution is -2.22. The second kappa shape index (κ2) is 4.53. The first-order valence-electron chi connectivity index (χ1n) is 6.19. The second-order valence-corrected chi connectivity index (χ2v) is 4.78. The fraction of sp³-hybridized carbons (Fsp3) is 0.357. The van der Waals surface area contributed by atoms with Crippen LogP contribution in [0.4, 0.5) is 4.39 Å². The molecule has 0 saturated carbocycles. The molecule has 18 heavy (non-hydrogen) atoms. The molecule has 4 heteroatoms. The standard InChI is InChI=1S/C14H15FN2O/c15-12-4-2-11(3-5-12)14-16-7-13-6-1-10(9-18)8-17(13)14/h2-5,7,10,18H,1,6,8-9H2. The van der Waals surface area contributed by atoms with Crippen molar-refractivity contribution in [2.45, 2.75) is 19.4 Å². The monoisotopic (exact) mass is 246 g/mol. The Kier molecular flexibility index (Phi) is 2.88. The van der Waals surface area contributed by atoms with Gasteiger partial charge in [0.05, 0.1) is 0 Å². The van der Waals surface area contributed by atoms with Crippen molar-refractivity contribution in [2.24, 2.45) is 5.92 Å². The van der Waals surface area contributed by atoms with E-state index in [1.165, 1.54) is 17.8 Å². The molecule has 3 nitrogen and oxygen atoms in total. The molecular weight excluding hydrogens is 231 g/mol. The maximum Gasteiger partial charge on any atom is 0.140 e. The minimum atomic E-state index is -0.239. The smallest absolute Gasteiger partial charge is 0.140 e. The Balaban J connectivity index is 1.99. The van der Waals surface area contributed by atoms with Crippen LogP contribution in [0.2, 0.25) is 0 Å². The Morgan fingerprint density at radius 3 is 2.83 bits per heavy atom. The van der Waals surface area contributed by atoms with E-state index in [9.17, 15) is 9.50 Å². The Labute approximate surface area is 105 Å². The van der Waals surface area contributed by atoms with Crippen LogP contribution < -0.4 is 0 Å². The third-order valence-corrected chi connectivity index (χ3v) is 3.55. The van der Waals surface area contributed by atoms with Gasteiger partial charge in [-0.1, -0.05) is 0 Å². The molecule has 94 valence electrons.